The average Bonchev–Trinajstić information content (AvgIpc) is 3.12. The quantitative estimate of drug-likeness (QED) is 0.804. The summed E-state index contributed by atoms with van der Waals surface area (Å²) in [6.07, 6.45) is 6.91. The number of carbonyl (C=O) groups is 1. The predicted molar refractivity (Wildman–Crippen MR) is 72.9 cm³/mol. The van der Waals surface area contributed by atoms with Crippen LogP contribution >= 0.6 is 0 Å². The highest BCUT2D eigenvalue weighted by atomic mass is 16.5. The van der Waals surface area contributed by atoms with Crippen LogP contribution in [0.5, 0.6) is 0 Å². The topological polar surface area (TPSA) is 74.0 Å². The van der Waals surface area contributed by atoms with Crippen molar-refractivity contribution in [2.24, 2.45) is 0 Å². The molecule has 0 fully saturated rings. The highest BCUT2D eigenvalue weighted by Gasteiger charge is 2.15. The minimum atomic E-state index is -0.333. The van der Waals surface area contributed by atoms with Gasteiger partial charge in [0.25, 0.3) is 0 Å². The number of imidazole rings is 1. The summed E-state index contributed by atoms with van der Waals surface area (Å²) in [5.41, 5.74) is 0.947. The number of amides is 1. The van der Waals surface area contributed by atoms with E-state index in [9.17, 15) is 4.79 Å². The van der Waals surface area contributed by atoms with E-state index in [1.54, 1.807) is 42.8 Å². The van der Waals surface area contributed by atoms with Crippen LogP contribution in [-0.4, -0.2) is 39.0 Å². The van der Waals surface area contributed by atoms with E-state index in [2.05, 4.69) is 15.4 Å². The Morgan fingerprint density at radius 3 is 3.10 bits per heavy atom. The number of methoxy groups -OCH3 is 1. The summed E-state index contributed by atoms with van der Waals surface area (Å²) in [6, 6.07) is 1.46. The van der Waals surface area contributed by atoms with Gasteiger partial charge in [0.2, 0.25) is 5.91 Å². The molecule has 2 rings (SSSR count). The van der Waals surface area contributed by atoms with Crippen LogP contribution in [-0.2, 0) is 22.6 Å². The lowest BCUT2D eigenvalue weighted by Crippen LogP contribution is -2.31. The maximum absolute atomic E-state index is 12.0. The molecule has 0 radical (unpaired) electrons. The summed E-state index contributed by atoms with van der Waals surface area (Å²) < 4.78 is 8.62. The van der Waals surface area contributed by atoms with Gasteiger partial charge in [-0.25, -0.2) is 4.98 Å². The van der Waals surface area contributed by atoms with Gasteiger partial charge < -0.3 is 14.6 Å². The molecule has 2 aromatic heterocycles. The molecule has 0 aliphatic heterocycles. The van der Waals surface area contributed by atoms with Crippen LogP contribution in [0.3, 0.4) is 0 Å². The summed E-state index contributed by atoms with van der Waals surface area (Å²) in [5, 5.41) is 6.95. The van der Waals surface area contributed by atoms with E-state index in [0.29, 0.717) is 13.2 Å². The zero-order valence-electron chi connectivity index (χ0n) is 11.7. The molecule has 1 atom stereocenters. The molecular weight excluding hydrogens is 258 g/mol. The van der Waals surface area contributed by atoms with Crippen molar-refractivity contribution in [3.05, 3.63) is 36.7 Å². The number of carbonyl (C=O) groups excluding carboxylic acids is 1. The van der Waals surface area contributed by atoms with Crippen molar-refractivity contribution < 1.29 is 9.53 Å². The number of aromatic nitrogens is 4. The molecular formula is C13H19N5O2. The van der Waals surface area contributed by atoms with E-state index in [-0.39, 0.29) is 11.9 Å². The second kappa shape index (κ2) is 6.85. The molecule has 108 valence electrons. The van der Waals surface area contributed by atoms with Gasteiger partial charge in [-0.05, 0) is 13.0 Å². The molecule has 1 unspecified atom stereocenters. The summed E-state index contributed by atoms with van der Waals surface area (Å²) in [4.78, 5) is 16.1. The highest BCUT2D eigenvalue weighted by molar-refractivity contribution is 5.79. The maximum atomic E-state index is 12.0. The molecule has 0 saturated heterocycles. The molecule has 1 N–H and O–H groups in total. The molecule has 0 saturated carbocycles. The third-order valence-corrected chi connectivity index (χ3v) is 3.08. The van der Waals surface area contributed by atoms with Crippen LogP contribution in [0, 0.1) is 0 Å². The maximum Gasteiger partial charge on any atom is 0.244 e. The van der Waals surface area contributed by atoms with Crippen LogP contribution in [0.4, 0.5) is 0 Å². The van der Waals surface area contributed by atoms with Crippen LogP contribution < -0.4 is 5.32 Å². The van der Waals surface area contributed by atoms with E-state index in [1.165, 1.54) is 0 Å². The Morgan fingerprint density at radius 1 is 1.55 bits per heavy atom. The Balaban J connectivity index is 1.88. The lowest BCUT2D eigenvalue weighted by Gasteiger charge is -2.13. The van der Waals surface area contributed by atoms with Crippen molar-refractivity contribution in [2.45, 2.75) is 26.1 Å². The van der Waals surface area contributed by atoms with Gasteiger partial charge in [0.15, 0.2) is 0 Å². The average molecular weight is 277 g/mol. The summed E-state index contributed by atoms with van der Waals surface area (Å²) in [6.45, 7) is 3.58. The highest BCUT2D eigenvalue weighted by Crippen LogP contribution is 2.04. The second-order valence-corrected chi connectivity index (χ2v) is 4.45. The first-order chi connectivity index (χ1) is 9.72. The zero-order valence-corrected chi connectivity index (χ0v) is 11.7. The number of nitrogens with one attached hydrogen (secondary N) is 1. The molecule has 20 heavy (non-hydrogen) atoms. The van der Waals surface area contributed by atoms with E-state index in [1.807, 2.05) is 11.5 Å². The predicted octanol–water partition coefficient (Wildman–Crippen LogP) is 0.603. The van der Waals surface area contributed by atoms with Gasteiger partial charge in [-0.1, -0.05) is 0 Å². The first-order valence-electron chi connectivity index (χ1n) is 6.47. The largest absolute Gasteiger partial charge is 0.383 e. The van der Waals surface area contributed by atoms with Crippen LogP contribution in [0.15, 0.2) is 31.0 Å². The van der Waals surface area contributed by atoms with E-state index < -0.39 is 0 Å². The lowest BCUT2D eigenvalue weighted by molar-refractivity contribution is -0.124. The van der Waals surface area contributed by atoms with E-state index in [0.717, 1.165) is 12.2 Å². The third kappa shape index (κ3) is 3.45. The fraction of sp³-hybridized carbons (Fsp3) is 0.462. The fourth-order valence-corrected chi connectivity index (χ4v) is 1.84. The molecule has 0 aliphatic rings. The van der Waals surface area contributed by atoms with Crippen molar-refractivity contribution in [3.63, 3.8) is 0 Å². The van der Waals surface area contributed by atoms with Crippen molar-refractivity contribution in [1.82, 2.24) is 24.6 Å². The van der Waals surface area contributed by atoms with Gasteiger partial charge in [-0.3, -0.25) is 9.48 Å². The molecule has 0 spiro atoms. The number of hydrogen-bond acceptors (Lipinski definition) is 4. The standard InChI is InChI=1S/C13H19N5O2/c1-11(18-5-3-4-16-18)13(19)15-9-12-8-14-10-17(12)6-7-20-2/h3-5,8,10-11H,6-7,9H2,1-2H3,(H,15,19). The monoisotopic (exact) mass is 277 g/mol. The number of ether oxygens (including phenoxy) is 1. The molecule has 0 aliphatic carbocycles. The second-order valence-electron chi connectivity index (χ2n) is 4.45. The van der Waals surface area contributed by atoms with Crippen LogP contribution in [0.25, 0.3) is 0 Å². The number of rotatable bonds is 7. The molecule has 7 nitrogen and oxygen atoms in total. The zero-order chi connectivity index (χ0) is 14.4. The molecule has 0 aromatic carbocycles. The van der Waals surface area contributed by atoms with Gasteiger partial charge in [-0.15, -0.1) is 0 Å². The lowest BCUT2D eigenvalue weighted by atomic mass is 10.3. The fourth-order valence-electron chi connectivity index (χ4n) is 1.84. The first kappa shape index (κ1) is 14.3. The van der Waals surface area contributed by atoms with Crippen LogP contribution in [0.2, 0.25) is 0 Å². The number of hydrogen-bond donors (Lipinski definition) is 1. The molecule has 2 aromatic rings. The SMILES string of the molecule is COCCn1cncc1CNC(=O)C(C)n1cccn1. The van der Waals surface area contributed by atoms with Gasteiger partial charge in [0.1, 0.15) is 6.04 Å². The molecule has 0 bridgehead atoms. The van der Waals surface area contributed by atoms with Crippen molar-refractivity contribution in [1.29, 1.82) is 0 Å². The van der Waals surface area contributed by atoms with Crippen molar-refractivity contribution >= 4 is 5.91 Å². The third-order valence-electron chi connectivity index (χ3n) is 3.08. The first-order valence-corrected chi connectivity index (χ1v) is 6.47. The summed E-state index contributed by atoms with van der Waals surface area (Å²) in [5.74, 6) is -0.0757. The van der Waals surface area contributed by atoms with Gasteiger partial charge in [0.05, 0.1) is 25.2 Å². The van der Waals surface area contributed by atoms with Gasteiger partial charge >= 0.3 is 0 Å². The molecule has 2 heterocycles. The minimum Gasteiger partial charge on any atom is -0.383 e. The van der Waals surface area contributed by atoms with Crippen LogP contribution in [0.1, 0.15) is 18.7 Å². The van der Waals surface area contributed by atoms with Crippen molar-refractivity contribution in [3.8, 4) is 0 Å². The molecule has 1 amide bonds. The van der Waals surface area contributed by atoms with Gasteiger partial charge in [-0.2, -0.15) is 5.10 Å². The Bertz CT molecular complexity index is 535. The summed E-state index contributed by atoms with van der Waals surface area (Å²) >= 11 is 0. The number of nitrogens with zero attached hydrogens (tertiary/aromatic N) is 4. The normalized spacial score (nSPS) is 12.3. The minimum absolute atomic E-state index is 0.0757. The smallest absolute Gasteiger partial charge is 0.244 e. The Labute approximate surface area is 117 Å². The van der Waals surface area contributed by atoms with Gasteiger partial charge in [0, 0.05) is 32.2 Å². The molecule has 7 heteroatoms. The van der Waals surface area contributed by atoms with E-state index in [4.69, 9.17) is 4.74 Å². The summed E-state index contributed by atoms with van der Waals surface area (Å²) in [7, 11) is 1.66. The Hall–Kier alpha value is -2.15. The van der Waals surface area contributed by atoms with Crippen molar-refractivity contribution in [2.75, 3.05) is 13.7 Å². The van der Waals surface area contributed by atoms with E-state index >= 15 is 0 Å². The Morgan fingerprint density at radius 2 is 2.40 bits per heavy atom. The Kier molecular flexibility index (Phi) is 4.89.